The first kappa shape index (κ1) is 14.3. The Morgan fingerprint density at radius 1 is 1.32 bits per heavy atom. The molecule has 22 heavy (non-hydrogen) atoms. The van der Waals surface area contributed by atoms with E-state index in [2.05, 4.69) is 4.98 Å². The molecular formula is C16H17N3O3. The Balaban J connectivity index is 2.12. The lowest BCUT2D eigenvalue weighted by Crippen LogP contribution is -2.40. The Kier molecular flexibility index (Phi) is 3.24. The van der Waals surface area contributed by atoms with Crippen molar-refractivity contribution >= 4 is 11.8 Å². The van der Waals surface area contributed by atoms with Gasteiger partial charge in [0.2, 0.25) is 11.8 Å². The van der Waals surface area contributed by atoms with Crippen LogP contribution in [0.1, 0.15) is 24.8 Å². The van der Waals surface area contributed by atoms with Gasteiger partial charge in [-0.15, -0.1) is 0 Å². The minimum absolute atomic E-state index is 0.0636. The highest BCUT2D eigenvalue weighted by Crippen LogP contribution is 2.48. The predicted molar refractivity (Wildman–Crippen MR) is 79.2 cm³/mol. The zero-order chi connectivity index (χ0) is 15.9. The number of pyridine rings is 1. The average molecular weight is 299 g/mol. The maximum Gasteiger partial charge on any atom is 0.244 e. The summed E-state index contributed by atoms with van der Waals surface area (Å²) in [5.74, 6) is -0.584. The van der Waals surface area contributed by atoms with Crippen molar-refractivity contribution in [1.29, 1.82) is 0 Å². The van der Waals surface area contributed by atoms with Gasteiger partial charge in [-0.2, -0.15) is 0 Å². The Hall–Kier alpha value is -2.63. The summed E-state index contributed by atoms with van der Waals surface area (Å²) in [6.45, 7) is 2.09. The number of carbonyl (C=O) groups excluding carboxylic acids is 2. The van der Waals surface area contributed by atoms with Gasteiger partial charge in [0.05, 0.1) is 6.61 Å². The fourth-order valence-corrected chi connectivity index (χ4v) is 3.07. The first-order valence-corrected chi connectivity index (χ1v) is 7.01. The molecule has 6 heteroatoms. The maximum absolute atomic E-state index is 11.9. The second-order valence-electron chi connectivity index (χ2n) is 5.84. The van der Waals surface area contributed by atoms with Crippen LogP contribution in [0.2, 0.25) is 0 Å². The third-order valence-corrected chi connectivity index (χ3v) is 4.38. The van der Waals surface area contributed by atoms with Crippen LogP contribution >= 0.6 is 0 Å². The van der Waals surface area contributed by atoms with Crippen molar-refractivity contribution in [3.63, 3.8) is 0 Å². The number of hydrogen-bond acceptors (Lipinski definition) is 4. The van der Waals surface area contributed by atoms with Crippen LogP contribution in [0, 0.1) is 5.41 Å². The van der Waals surface area contributed by atoms with Crippen molar-refractivity contribution in [2.75, 3.05) is 6.61 Å². The number of amides is 2. The molecule has 0 aromatic carbocycles. The van der Waals surface area contributed by atoms with E-state index < -0.39 is 17.2 Å². The van der Waals surface area contributed by atoms with Crippen LogP contribution in [-0.2, 0) is 14.3 Å². The highest BCUT2D eigenvalue weighted by Gasteiger charge is 2.47. The van der Waals surface area contributed by atoms with Gasteiger partial charge in [-0.05, 0) is 37.1 Å². The number of nitrogens with zero attached hydrogens (tertiary/aromatic N) is 1. The fourth-order valence-electron chi connectivity index (χ4n) is 3.07. The van der Waals surface area contributed by atoms with Gasteiger partial charge >= 0.3 is 0 Å². The summed E-state index contributed by atoms with van der Waals surface area (Å²) in [6, 6.07) is 3.77. The van der Waals surface area contributed by atoms with Crippen molar-refractivity contribution in [2.45, 2.75) is 19.3 Å². The van der Waals surface area contributed by atoms with E-state index in [0.29, 0.717) is 17.9 Å². The lowest BCUT2D eigenvalue weighted by atomic mass is 9.73. The van der Waals surface area contributed by atoms with Gasteiger partial charge in [-0.3, -0.25) is 14.6 Å². The molecule has 0 radical (unpaired) electrons. The van der Waals surface area contributed by atoms with Crippen LogP contribution in [0.5, 0.6) is 0 Å². The lowest BCUT2D eigenvalue weighted by molar-refractivity contribution is -0.126. The summed E-state index contributed by atoms with van der Waals surface area (Å²) in [5, 5.41) is 0. The molecule has 0 saturated carbocycles. The standard InChI is InChI=1S/C16H17N3O3/c1-16(15(18)21)7-10(14(17)20)6-11-12(8-22-13(11)16)9-2-4-19-5-3-9/h2-6,12H,7-8H2,1H3,(H2,17,20)(H2,18,21). The van der Waals surface area contributed by atoms with Gasteiger partial charge in [-0.1, -0.05) is 0 Å². The lowest BCUT2D eigenvalue weighted by Gasteiger charge is -2.31. The summed E-state index contributed by atoms with van der Waals surface area (Å²) < 4.78 is 5.79. The van der Waals surface area contributed by atoms with E-state index in [1.165, 1.54) is 0 Å². The molecule has 3 rings (SSSR count). The number of rotatable bonds is 3. The SMILES string of the molecule is CC1(C(N)=O)CC(C(N)=O)=CC2=C1OCC2c1ccncc1. The van der Waals surface area contributed by atoms with E-state index in [4.69, 9.17) is 16.2 Å². The van der Waals surface area contributed by atoms with Gasteiger partial charge in [0.15, 0.2) is 0 Å². The van der Waals surface area contributed by atoms with Gasteiger partial charge in [0, 0.05) is 29.5 Å². The molecule has 2 aliphatic rings. The average Bonchev–Trinajstić information content (AvgIpc) is 2.92. The molecule has 114 valence electrons. The summed E-state index contributed by atoms with van der Waals surface area (Å²) >= 11 is 0. The van der Waals surface area contributed by atoms with Gasteiger partial charge in [0.25, 0.3) is 0 Å². The molecule has 6 nitrogen and oxygen atoms in total. The third-order valence-electron chi connectivity index (χ3n) is 4.38. The van der Waals surface area contributed by atoms with Gasteiger partial charge in [-0.25, -0.2) is 0 Å². The second kappa shape index (κ2) is 4.98. The molecule has 2 unspecified atom stereocenters. The van der Waals surface area contributed by atoms with Crippen molar-refractivity contribution in [3.8, 4) is 0 Å². The smallest absolute Gasteiger partial charge is 0.244 e. The topological polar surface area (TPSA) is 108 Å². The fraction of sp³-hybridized carbons (Fsp3) is 0.312. The summed E-state index contributed by atoms with van der Waals surface area (Å²) in [5.41, 5.74) is 12.1. The molecule has 0 fully saturated rings. The molecule has 0 bridgehead atoms. The first-order valence-electron chi connectivity index (χ1n) is 7.01. The van der Waals surface area contributed by atoms with E-state index >= 15 is 0 Å². The van der Waals surface area contributed by atoms with Gasteiger partial charge in [0.1, 0.15) is 11.2 Å². The van der Waals surface area contributed by atoms with E-state index in [1.807, 2.05) is 12.1 Å². The maximum atomic E-state index is 11.9. The van der Waals surface area contributed by atoms with Crippen LogP contribution < -0.4 is 11.5 Å². The van der Waals surface area contributed by atoms with E-state index in [-0.39, 0.29) is 12.3 Å². The van der Waals surface area contributed by atoms with Crippen LogP contribution in [-0.4, -0.2) is 23.4 Å². The van der Waals surface area contributed by atoms with Crippen LogP contribution in [0.15, 0.2) is 47.5 Å². The zero-order valence-electron chi connectivity index (χ0n) is 12.2. The molecule has 1 aromatic rings. The molecular weight excluding hydrogens is 282 g/mol. The Morgan fingerprint density at radius 3 is 2.59 bits per heavy atom. The highest BCUT2D eigenvalue weighted by molar-refractivity contribution is 5.96. The van der Waals surface area contributed by atoms with Gasteiger partial charge < -0.3 is 16.2 Å². The van der Waals surface area contributed by atoms with Crippen LogP contribution in [0.3, 0.4) is 0 Å². The molecule has 2 heterocycles. The normalized spacial score (nSPS) is 27.0. The number of aromatic nitrogens is 1. The number of carbonyl (C=O) groups is 2. The van der Waals surface area contributed by atoms with Crippen molar-refractivity contribution in [3.05, 3.63) is 53.1 Å². The van der Waals surface area contributed by atoms with Crippen molar-refractivity contribution in [2.24, 2.45) is 16.9 Å². The quantitative estimate of drug-likeness (QED) is 0.858. The monoisotopic (exact) mass is 299 g/mol. The number of nitrogens with two attached hydrogens (primary N) is 2. The van der Waals surface area contributed by atoms with E-state index in [9.17, 15) is 9.59 Å². The molecule has 2 amide bonds. The number of primary amides is 2. The molecule has 0 spiro atoms. The van der Waals surface area contributed by atoms with Crippen molar-refractivity contribution in [1.82, 2.24) is 4.98 Å². The minimum Gasteiger partial charge on any atom is -0.495 e. The molecule has 1 aromatic heterocycles. The largest absolute Gasteiger partial charge is 0.495 e. The molecule has 1 aliphatic carbocycles. The number of ether oxygens (including phenoxy) is 1. The Morgan fingerprint density at radius 2 is 2.00 bits per heavy atom. The zero-order valence-corrected chi connectivity index (χ0v) is 12.2. The Labute approximate surface area is 127 Å². The molecule has 2 atom stereocenters. The molecule has 1 aliphatic heterocycles. The predicted octanol–water partition coefficient (Wildman–Crippen LogP) is 0.756. The molecule has 4 N–H and O–H groups in total. The van der Waals surface area contributed by atoms with Crippen molar-refractivity contribution < 1.29 is 14.3 Å². The summed E-state index contributed by atoms with van der Waals surface area (Å²) in [6.07, 6.45) is 5.30. The van der Waals surface area contributed by atoms with Crippen LogP contribution in [0.4, 0.5) is 0 Å². The second-order valence-corrected chi connectivity index (χ2v) is 5.84. The summed E-state index contributed by atoms with van der Waals surface area (Å²) in [7, 11) is 0. The minimum atomic E-state index is -1.05. The molecule has 0 saturated heterocycles. The van der Waals surface area contributed by atoms with E-state index in [0.717, 1.165) is 11.1 Å². The van der Waals surface area contributed by atoms with E-state index in [1.54, 1.807) is 25.4 Å². The highest BCUT2D eigenvalue weighted by atomic mass is 16.5. The first-order chi connectivity index (χ1) is 10.4. The number of allylic oxidation sites excluding steroid dienone is 1. The Bertz CT molecular complexity index is 709. The summed E-state index contributed by atoms with van der Waals surface area (Å²) in [4.78, 5) is 27.6. The van der Waals surface area contributed by atoms with Crippen LogP contribution in [0.25, 0.3) is 0 Å². The number of hydrogen-bond donors (Lipinski definition) is 2. The third kappa shape index (κ3) is 2.07.